The van der Waals surface area contributed by atoms with Crippen LogP contribution in [0.5, 0.6) is 5.75 Å². The zero-order valence-corrected chi connectivity index (χ0v) is 21.0. The van der Waals surface area contributed by atoms with Crippen molar-refractivity contribution in [3.8, 4) is 5.75 Å². The van der Waals surface area contributed by atoms with Gasteiger partial charge in [0.25, 0.3) is 5.91 Å². The molecule has 0 heterocycles. The molecule has 2 aromatic carbocycles. The van der Waals surface area contributed by atoms with Crippen LogP contribution >= 0.6 is 0 Å². The SMILES string of the molecule is COc1ccccc1C(=O)NCC1(c2ccccc2)CCC(=O)C(=CN[C@H](C)C2CCCCC2)C1. The third kappa shape index (κ3) is 5.95. The fourth-order valence-electron chi connectivity index (χ4n) is 5.67. The summed E-state index contributed by atoms with van der Waals surface area (Å²) >= 11 is 0. The molecule has 0 bridgehead atoms. The van der Waals surface area contributed by atoms with Crippen molar-refractivity contribution in [3.05, 3.63) is 77.5 Å². The monoisotopic (exact) mass is 474 g/mol. The number of para-hydroxylation sites is 1. The van der Waals surface area contributed by atoms with Crippen LogP contribution < -0.4 is 15.4 Å². The van der Waals surface area contributed by atoms with E-state index in [1.54, 1.807) is 19.2 Å². The Hall–Kier alpha value is -3.08. The zero-order valence-electron chi connectivity index (χ0n) is 21.0. The van der Waals surface area contributed by atoms with E-state index in [4.69, 9.17) is 4.74 Å². The number of carbonyl (C=O) groups excluding carboxylic acids is 2. The highest BCUT2D eigenvalue weighted by Crippen LogP contribution is 2.40. The van der Waals surface area contributed by atoms with Crippen LogP contribution in [0.1, 0.15) is 74.2 Å². The van der Waals surface area contributed by atoms with E-state index >= 15 is 0 Å². The molecule has 1 unspecified atom stereocenters. The summed E-state index contributed by atoms with van der Waals surface area (Å²) in [6.45, 7) is 2.69. The largest absolute Gasteiger partial charge is 0.496 e. The first-order valence-corrected chi connectivity index (χ1v) is 13.0. The number of methoxy groups -OCH3 is 1. The third-order valence-electron chi connectivity index (χ3n) is 7.92. The topological polar surface area (TPSA) is 67.4 Å². The van der Waals surface area contributed by atoms with E-state index < -0.39 is 0 Å². The lowest BCUT2D eigenvalue weighted by Gasteiger charge is -2.39. The Labute approximate surface area is 209 Å². The van der Waals surface area contributed by atoms with Crippen molar-refractivity contribution in [2.45, 2.75) is 69.7 Å². The van der Waals surface area contributed by atoms with Gasteiger partial charge in [0.15, 0.2) is 5.78 Å². The molecule has 5 heteroatoms. The Bertz CT molecular complexity index is 1040. The molecule has 0 radical (unpaired) electrons. The van der Waals surface area contributed by atoms with Crippen LogP contribution in [-0.4, -0.2) is 31.4 Å². The number of rotatable bonds is 8. The van der Waals surface area contributed by atoms with E-state index in [9.17, 15) is 9.59 Å². The maximum Gasteiger partial charge on any atom is 0.255 e. The first-order chi connectivity index (χ1) is 17.0. The Morgan fingerprint density at radius 1 is 1.09 bits per heavy atom. The van der Waals surface area contributed by atoms with Gasteiger partial charge in [-0.15, -0.1) is 0 Å². The maximum atomic E-state index is 13.1. The van der Waals surface area contributed by atoms with E-state index in [0.29, 0.717) is 49.1 Å². The van der Waals surface area contributed by atoms with Crippen LogP contribution in [0.15, 0.2) is 66.4 Å². The summed E-state index contributed by atoms with van der Waals surface area (Å²) in [5, 5.41) is 6.72. The lowest BCUT2D eigenvalue weighted by atomic mass is 9.67. The molecule has 0 saturated heterocycles. The fraction of sp³-hybridized carbons (Fsp3) is 0.467. The van der Waals surface area contributed by atoms with Crippen LogP contribution in [0.3, 0.4) is 0 Å². The van der Waals surface area contributed by atoms with Crippen molar-refractivity contribution in [3.63, 3.8) is 0 Å². The molecule has 2 aliphatic carbocycles. The Balaban J connectivity index is 1.53. The number of allylic oxidation sites excluding steroid dienone is 1. The number of hydrogen-bond acceptors (Lipinski definition) is 4. The molecule has 2 aromatic rings. The quantitative estimate of drug-likeness (QED) is 0.492. The molecule has 2 fully saturated rings. The molecule has 0 spiro atoms. The molecule has 35 heavy (non-hydrogen) atoms. The molecule has 1 amide bonds. The minimum Gasteiger partial charge on any atom is -0.496 e. The van der Waals surface area contributed by atoms with Gasteiger partial charge in [-0.3, -0.25) is 9.59 Å². The van der Waals surface area contributed by atoms with E-state index in [-0.39, 0.29) is 17.1 Å². The van der Waals surface area contributed by atoms with E-state index in [1.165, 1.54) is 32.1 Å². The van der Waals surface area contributed by atoms with Crippen LogP contribution in [-0.2, 0) is 10.2 Å². The van der Waals surface area contributed by atoms with Gasteiger partial charge in [0.05, 0.1) is 12.7 Å². The van der Waals surface area contributed by atoms with Gasteiger partial charge in [-0.2, -0.15) is 0 Å². The number of ether oxygens (including phenoxy) is 1. The lowest BCUT2D eigenvalue weighted by Crippen LogP contribution is -2.44. The number of amides is 1. The molecule has 4 rings (SSSR count). The first-order valence-electron chi connectivity index (χ1n) is 13.0. The average molecular weight is 475 g/mol. The van der Waals surface area contributed by atoms with Gasteiger partial charge in [-0.05, 0) is 56.2 Å². The summed E-state index contributed by atoms with van der Waals surface area (Å²) in [6, 6.07) is 17.9. The summed E-state index contributed by atoms with van der Waals surface area (Å²) in [5.41, 5.74) is 2.16. The molecular weight excluding hydrogens is 436 g/mol. The lowest BCUT2D eigenvalue weighted by molar-refractivity contribution is -0.117. The molecule has 2 saturated carbocycles. The van der Waals surface area contributed by atoms with Crippen LogP contribution in [0.4, 0.5) is 0 Å². The summed E-state index contributed by atoms with van der Waals surface area (Å²) in [4.78, 5) is 26.0. The van der Waals surface area contributed by atoms with Crippen molar-refractivity contribution in [2.75, 3.05) is 13.7 Å². The third-order valence-corrected chi connectivity index (χ3v) is 7.92. The number of hydrogen-bond donors (Lipinski definition) is 2. The average Bonchev–Trinajstić information content (AvgIpc) is 2.92. The Morgan fingerprint density at radius 3 is 2.54 bits per heavy atom. The molecule has 186 valence electrons. The second-order valence-electron chi connectivity index (χ2n) is 10.2. The van der Waals surface area contributed by atoms with Gasteiger partial charge < -0.3 is 15.4 Å². The van der Waals surface area contributed by atoms with E-state index in [2.05, 4.69) is 29.7 Å². The second kappa shape index (κ2) is 11.6. The molecular formula is C30H38N2O3. The molecule has 2 aliphatic rings. The first kappa shape index (κ1) is 25.0. The highest BCUT2D eigenvalue weighted by Gasteiger charge is 2.39. The summed E-state index contributed by atoms with van der Waals surface area (Å²) in [6.07, 6.45) is 10.2. The molecule has 0 aliphatic heterocycles. The number of Topliss-reactive ketones (excluding diaryl/α,β-unsaturated/α-hetero) is 1. The van der Waals surface area contributed by atoms with Crippen molar-refractivity contribution in [2.24, 2.45) is 5.92 Å². The fourth-order valence-corrected chi connectivity index (χ4v) is 5.67. The van der Waals surface area contributed by atoms with Crippen LogP contribution in [0.25, 0.3) is 0 Å². The molecule has 2 atom stereocenters. The van der Waals surface area contributed by atoms with Gasteiger partial charge in [0.2, 0.25) is 0 Å². The number of carbonyl (C=O) groups is 2. The minimum atomic E-state index is -0.339. The molecule has 5 nitrogen and oxygen atoms in total. The van der Waals surface area contributed by atoms with Crippen LogP contribution in [0, 0.1) is 5.92 Å². The van der Waals surface area contributed by atoms with Crippen LogP contribution in [0.2, 0.25) is 0 Å². The summed E-state index contributed by atoms with van der Waals surface area (Å²) in [5.74, 6) is 1.26. The molecule has 2 N–H and O–H groups in total. The van der Waals surface area contributed by atoms with Gasteiger partial charge >= 0.3 is 0 Å². The number of ketones is 1. The standard InChI is InChI=1S/C30H38N2O3/c1-22(23-11-5-3-6-12-23)31-20-24-19-30(18-17-27(24)33,25-13-7-4-8-14-25)21-32-29(34)26-15-9-10-16-28(26)35-2/h4,7-10,13-16,20,22-23,31H,3,5-6,11-12,17-19,21H2,1-2H3,(H,32,34)/t22-,30?/m1/s1. The Morgan fingerprint density at radius 2 is 1.80 bits per heavy atom. The van der Waals surface area contributed by atoms with Gasteiger partial charge in [0, 0.05) is 36.2 Å². The number of nitrogens with one attached hydrogen (secondary N) is 2. The van der Waals surface area contributed by atoms with Gasteiger partial charge in [-0.25, -0.2) is 0 Å². The van der Waals surface area contributed by atoms with Crippen molar-refractivity contribution >= 4 is 11.7 Å². The van der Waals surface area contributed by atoms with E-state index in [1.807, 2.05) is 36.5 Å². The molecule has 0 aromatic heterocycles. The Kier molecular flexibility index (Phi) is 8.27. The summed E-state index contributed by atoms with van der Waals surface area (Å²) < 4.78 is 5.38. The second-order valence-corrected chi connectivity index (χ2v) is 10.2. The smallest absolute Gasteiger partial charge is 0.255 e. The highest BCUT2D eigenvalue weighted by molar-refractivity contribution is 5.98. The minimum absolute atomic E-state index is 0.163. The normalized spacial score (nSPS) is 23.0. The van der Waals surface area contributed by atoms with Crippen molar-refractivity contribution < 1.29 is 14.3 Å². The predicted octanol–water partition coefficient (Wildman–Crippen LogP) is 5.56. The van der Waals surface area contributed by atoms with E-state index in [0.717, 1.165) is 11.1 Å². The van der Waals surface area contributed by atoms with Gasteiger partial charge in [0.1, 0.15) is 5.75 Å². The maximum absolute atomic E-state index is 13.1. The highest BCUT2D eigenvalue weighted by atomic mass is 16.5. The van der Waals surface area contributed by atoms with Crippen molar-refractivity contribution in [1.82, 2.24) is 10.6 Å². The summed E-state index contributed by atoms with van der Waals surface area (Å²) in [7, 11) is 1.57. The zero-order chi connectivity index (χ0) is 24.7. The number of benzene rings is 2. The van der Waals surface area contributed by atoms with Gasteiger partial charge in [-0.1, -0.05) is 61.7 Å². The van der Waals surface area contributed by atoms with Crippen molar-refractivity contribution in [1.29, 1.82) is 0 Å². The predicted molar refractivity (Wildman–Crippen MR) is 140 cm³/mol.